The quantitative estimate of drug-likeness (QED) is 0.222. The predicted octanol–water partition coefficient (Wildman–Crippen LogP) is 0.412. The molecule has 0 radical (unpaired) electrons. The molecule has 3 rings (SSSR count). The van der Waals surface area contributed by atoms with Gasteiger partial charge in [-0.25, -0.2) is 4.79 Å². The molecule has 10 heteroatoms. The van der Waals surface area contributed by atoms with Gasteiger partial charge in [0, 0.05) is 6.07 Å². The zero-order valence-electron chi connectivity index (χ0n) is 16.9. The third-order valence-corrected chi connectivity index (χ3v) is 4.85. The van der Waals surface area contributed by atoms with Gasteiger partial charge in [-0.3, -0.25) is 0 Å². The molecule has 0 amide bonds. The number of rotatable bonds is 8. The van der Waals surface area contributed by atoms with Crippen LogP contribution >= 0.6 is 0 Å². The molecule has 1 aliphatic heterocycles. The average molecular weight is 438 g/mol. The smallest absolute Gasteiger partial charge is 0.383 e. The first kappa shape index (κ1) is 23.0. The maximum Gasteiger partial charge on any atom is 0.383 e. The molecule has 1 saturated heterocycles. The number of fused-ring (bicyclic) bond motifs is 1. The van der Waals surface area contributed by atoms with Gasteiger partial charge in [-0.15, -0.1) is 0 Å². The Hall–Kier alpha value is -2.63. The van der Waals surface area contributed by atoms with Crippen LogP contribution in [-0.4, -0.2) is 69.5 Å². The van der Waals surface area contributed by atoms with E-state index in [1.807, 2.05) is 19.1 Å². The molecule has 0 saturated carbocycles. The Kier molecular flexibility index (Phi) is 7.52. The summed E-state index contributed by atoms with van der Waals surface area (Å²) in [7, 11) is 0. The highest BCUT2D eigenvalue weighted by atomic mass is 16.7. The van der Waals surface area contributed by atoms with Crippen molar-refractivity contribution < 1.29 is 44.2 Å². The number of hydrogen-bond acceptors (Lipinski definition) is 10. The Morgan fingerprint density at radius 1 is 1.13 bits per heavy atom. The molecule has 31 heavy (non-hydrogen) atoms. The zero-order chi connectivity index (χ0) is 22.5. The van der Waals surface area contributed by atoms with E-state index in [-0.39, 0.29) is 34.8 Å². The molecular formula is C21H26O10. The first-order valence-corrected chi connectivity index (χ1v) is 9.92. The highest BCUT2D eigenvalue weighted by Crippen LogP contribution is 2.34. The lowest BCUT2D eigenvalue weighted by molar-refractivity contribution is -0.277. The number of aliphatic hydroxyl groups excluding tert-OH is 4. The molecular weight excluding hydrogens is 412 g/mol. The molecule has 10 nitrogen and oxygen atoms in total. The van der Waals surface area contributed by atoms with Crippen molar-refractivity contribution in [3.63, 3.8) is 0 Å². The first-order chi connectivity index (χ1) is 14.9. The Morgan fingerprint density at radius 3 is 2.61 bits per heavy atom. The molecule has 2 aromatic rings. The predicted molar refractivity (Wildman–Crippen MR) is 108 cm³/mol. The summed E-state index contributed by atoms with van der Waals surface area (Å²) in [6.45, 7) is 1.59. The largest absolute Gasteiger partial charge is 0.504 e. The lowest BCUT2D eigenvalue weighted by Crippen LogP contribution is -2.60. The van der Waals surface area contributed by atoms with Crippen LogP contribution in [0.15, 0.2) is 39.6 Å². The summed E-state index contributed by atoms with van der Waals surface area (Å²) in [5.74, 6) is -0.567. The van der Waals surface area contributed by atoms with Gasteiger partial charge in [-0.05, 0) is 25.0 Å². The minimum absolute atomic E-state index is 0.00261. The van der Waals surface area contributed by atoms with Gasteiger partial charge in [0.15, 0.2) is 5.75 Å². The van der Waals surface area contributed by atoms with Crippen LogP contribution in [0.4, 0.5) is 0 Å². The summed E-state index contributed by atoms with van der Waals surface area (Å²) in [4.78, 5) is 12.2. The molecule has 1 aromatic carbocycles. The second kappa shape index (κ2) is 10.1. The van der Waals surface area contributed by atoms with Crippen molar-refractivity contribution in [3.05, 3.63) is 40.8 Å². The second-order valence-electron chi connectivity index (χ2n) is 7.06. The van der Waals surface area contributed by atoms with Crippen molar-refractivity contribution in [3.8, 4) is 17.2 Å². The van der Waals surface area contributed by atoms with Crippen molar-refractivity contribution in [2.45, 2.75) is 50.5 Å². The monoisotopic (exact) mass is 438 g/mol. The van der Waals surface area contributed by atoms with E-state index in [9.17, 15) is 30.3 Å². The molecule has 5 N–H and O–H groups in total. The lowest BCUT2D eigenvalue weighted by Gasteiger charge is -2.39. The fourth-order valence-electron chi connectivity index (χ4n) is 3.16. The van der Waals surface area contributed by atoms with Gasteiger partial charge in [0.1, 0.15) is 35.7 Å². The Labute approximate surface area is 177 Å². The number of aliphatic hydroxyl groups is 4. The Morgan fingerprint density at radius 2 is 1.90 bits per heavy atom. The van der Waals surface area contributed by atoms with Crippen LogP contribution in [0, 0.1) is 0 Å². The van der Waals surface area contributed by atoms with E-state index in [2.05, 4.69) is 0 Å². The maximum absolute atomic E-state index is 12.2. The number of benzene rings is 1. The minimum Gasteiger partial charge on any atom is -0.504 e. The summed E-state index contributed by atoms with van der Waals surface area (Å²) in [6, 6.07) is 4.15. The van der Waals surface area contributed by atoms with Crippen LogP contribution in [0.5, 0.6) is 17.2 Å². The number of aromatic hydroxyl groups is 1. The van der Waals surface area contributed by atoms with E-state index < -0.39 is 42.9 Å². The van der Waals surface area contributed by atoms with E-state index in [1.54, 1.807) is 0 Å². The fourth-order valence-corrected chi connectivity index (χ4v) is 3.16. The SMILES string of the molecule is CCC=CCCOc1c(O)c2ccc(O[C@@H]3O[C@H](CO)[C@@H](O)[C@H](O)[C@@H]3O)cc2oc1=O. The average Bonchev–Trinajstić information content (AvgIpc) is 2.75. The number of ether oxygens (including phenoxy) is 3. The fraction of sp³-hybridized carbons (Fsp3) is 0.476. The molecule has 1 aromatic heterocycles. The lowest BCUT2D eigenvalue weighted by atomic mass is 9.99. The molecule has 1 fully saturated rings. The molecule has 5 atom stereocenters. The van der Waals surface area contributed by atoms with Gasteiger partial charge in [0.2, 0.25) is 12.0 Å². The van der Waals surface area contributed by atoms with Crippen LogP contribution in [0.3, 0.4) is 0 Å². The molecule has 0 unspecified atom stereocenters. The van der Waals surface area contributed by atoms with Crippen LogP contribution in [0.25, 0.3) is 11.0 Å². The van der Waals surface area contributed by atoms with E-state index in [1.165, 1.54) is 18.2 Å². The number of allylic oxidation sites excluding steroid dienone is 1. The summed E-state index contributed by atoms with van der Waals surface area (Å²) in [5.41, 5.74) is -0.864. The highest BCUT2D eigenvalue weighted by Gasteiger charge is 2.44. The molecule has 170 valence electrons. The van der Waals surface area contributed by atoms with Gasteiger partial charge in [-0.2, -0.15) is 0 Å². The van der Waals surface area contributed by atoms with E-state index in [0.717, 1.165) is 6.42 Å². The third-order valence-electron chi connectivity index (χ3n) is 4.85. The van der Waals surface area contributed by atoms with Gasteiger partial charge in [0.05, 0.1) is 18.6 Å². The third kappa shape index (κ3) is 5.00. The number of hydrogen-bond donors (Lipinski definition) is 5. The van der Waals surface area contributed by atoms with E-state index in [4.69, 9.17) is 18.6 Å². The van der Waals surface area contributed by atoms with Crippen molar-refractivity contribution in [1.29, 1.82) is 0 Å². The second-order valence-corrected chi connectivity index (χ2v) is 7.06. The van der Waals surface area contributed by atoms with Gasteiger partial charge in [0.25, 0.3) is 0 Å². The van der Waals surface area contributed by atoms with Gasteiger partial charge < -0.3 is 44.2 Å². The summed E-state index contributed by atoms with van der Waals surface area (Å²) >= 11 is 0. The Bertz CT molecular complexity index is 967. The highest BCUT2D eigenvalue weighted by molar-refractivity contribution is 5.86. The molecule has 2 heterocycles. The maximum atomic E-state index is 12.2. The first-order valence-electron chi connectivity index (χ1n) is 9.92. The van der Waals surface area contributed by atoms with Gasteiger partial charge >= 0.3 is 5.63 Å². The van der Waals surface area contributed by atoms with Crippen molar-refractivity contribution in [1.82, 2.24) is 0 Å². The summed E-state index contributed by atoms with van der Waals surface area (Å²) in [5, 5.41) is 49.7. The molecule has 0 bridgehead atoms. The topological polar surface area (TPSA) is 159 Å². The Balaban J connectivity index is 1.79. The van der Waals surface area contributed by atoms with Crippen LogP contribution in [0.1, 0.15) is 19.8 Å². The van der Waals surface area contributed by atoms with E-state index in [0.29, 0.717) is 6.42 Å². The normalized spacial score (nSPS) is 26.4. The minimum atomic E-state index is -1.59. The van der Waals surface area contributed by atoms with Crippen LogP contribution in [0.2, 0.25) is 0 Å². The van der Waals surface area contributed by atoms with E-state index >= 15 is 0 Å². The standard InChI is InChI=1S/C21H26O10/c1-2-3-4-5-8-28-19-15(23)12-7-6-11(9-13(12)30-20(19)27)29-21-18(26)17(25)16(24)14(10-22)31-21/h3-4,6-7,9,14,16-18,21-26H,2,5,8,10H2,1H3/t14-,16-,17+,18+,21-/m1/s1. The van der Waals surface area contributed by atoms with Crippen molar-refractivity contribution in [2.75, 3.05) is 13.2 Å². The zero-order valence-corrected chi connectivity index (χ0v) is 16.9. The van der Waals surface area contributed by atoms with Crippen LogP contribution < -0.4 is 15.1 Å². The molecule has 1 aliphatic rings. The summed E-state index contributed by atoms with van der Waals surface area (Å²) < 4.78 is 21.4. The molecule has 0 aliphatic carbocycles. The van der Waals surface area contributed by atoms with Gasteiger partial charge in [-0.1, -0.05) is 19.1 Å². The molecule has 0 spiro atoms. The van der Waals surface area contributed by atoms with Crippen molar-refractivity contribution >= 4 is 11.0 Å². The van der Waals surface area contributed by atoms with Crippen molar-refractivity contribution in [2.24, 2.45) is 0 Å². The summed E-state index contributed by atoms with van der Waals surface area (Å²) in [6.07, 6.45) is -1.90. The van der Waals surface area contributed by atoms with Crippen LogP contribution in [-0.2, 0) is 4.74 Å².